The van der Waals surface area contributed by atoms with Crippen LogP contribution in [0, 0.1) is 13.8 Å². The van der Waals surface area contributed by atoms with Gasteiger partial charge < -0.3 is 9.42 Å². The zero-order valence-electron chi connectivity index (χ0n) is 14.4. The fourth-order valence-electron chi connectivity index (χ4n) is 2.81. The van der Waals surface area contributed by atoms with E-state index in [0.29, 0.717) is 12.4 Å². The van der Waals surface area contributed by atoms with Gasteiger partial charge in [0, 0.05) is 26.2 Å². The number of aromatic nitrogens is 5. The van der Waals surface area contributed by atoms with E-state index in [1.54, 1.807) is 0 Å². The Kier molecular flexibility index (Phi) is 4.72. The molecule has 0 bridgehead atoms. The lowest BCUT2D eigenvalue weighted by atomic mass is 10.2. The van der Waals surface area contributed by atoms with E-state index in [1.165, 1.54) is 0 Å². The Morgan fingerprint density at radius 2 is 1.87 bits per heavy atom. The Morgan fingerprint density at radius 1 is 1.13 bits per heavy atom. The molecule has 126 valence electrons. The number of rotatable bonds is 5. The predicted octanol–water partition coefficient (Wildman–Crippen LogP) is 0.829. The molecule has 23 heavy (non-hydrogen) atoms. The molecule has 0 aromatic carbocycles. The van der Waals surface area contributed by atoms with Gasteiger partial charge in [0.1, 0.15) is 11.6 Å². The van der Waals surface area contributed by atoms with Crippen molar-refractivity contribution in [1.82, 2.24) is 34.7 Å². The van der Waals surface area contributed by atoms with Crippen molar-refractivity contribution in [3.8, 4) is 0 Å². The Hall–Kier alpha value is -1.80. The van der Waals surface area contributed by atoms with Gasteiger partial charge in [-0.05, 0) is 20.9 Å². The third kappa shape index (κ3) is 3.94. The summed E-state index contributed by atoms with van der Waals surface area (Å²) in [5.74, 6) is 3.25. The lowest BCUT2D eigenvalue weighted by Crippen LogP contribution is -2.44. The van der Waals surface area contributed by atoms with Crippen LogP contribution in [0.2, 0.25) is 0 Å². The van der Waals surface area contributed by atoms with Gasteiger partial charge in [-0.3, -0.25) is 4.90 Å². The molecule has 2 aromatic rings. The van der Waals surface area contributed by atoms with Gasteiger partial charge in [-0.15, -0.1) is 0 Å². The summed E-state index contributed by atoms with van der Waals surface area (Å²) >= 11 is 0. The number of aryl methyl sites for hydroxylation is 2. The normalized spacial score (nSPS) is 18.4. The highest BCUT2D eigenvalue weighted by Gasteiger charge is 2.20. The van der Waals surface area contributed by atoms with Gasteiger partial charge in [0.25, 0.3) is 0 Å². The summed E-state index contributed by atoms with van der Waals surface area (Å²) in [7, 11) is 2.15. The van der Waals surface area contributed by atoms with Gasteiger partial charge >= 0.3 is 0 Å². The van der Waals surface area contributed by atoms with E-state index in [2.05, 4.69) is 44.0 Å². The molecule has 1 aliphatic rings. The molecule has 8 heteroatoms. The average molecular weight is 319 g/mol. The summed E-state index contributed by atoms with van der Waals surface area (Å²) in [5.41, 5.74) is 0. The van der Waals surface area contributed by atoms with E-state index in [4.69, 9.17) is 4.52 Å². The van der Waals surface area contributed by atoms with Crippen LogP contribution in [0.15, 0.2) is 4.52 Å². The van der Waals surface area contributed by atoms with Gasteiger partial charge in [-0.2, -0.15) is 10.1 Å². The third-order valence-corrected chi connectivity index (χ3v) is 4.28. The third-order valence-electron chi connectivity index (χ3n) is 4.28. The quantitative estimate of drug-likeness (QED) is 0.808. The molecule has 8 nitrogen and oxygen atoms in total. The topological polar surface area (TPSA) is 76.1 Å². The van der Waals surface area contributed by atoms with E-state index in [0.717, 1.165) is 50.2 Å². The van der Waals surface area contributed by atoms with Crippen LogP contribution in [0.5, 0.6) is 0 Å². The minimum Gasteiger partial charge on any atom is -0.339 e. The van der Waals surface area contributed by atoms with Crippen LogP contribution in [-0.4, -0.2) is 67.9 Å². The summed E-state index contributed by atoms with van der Waals surface area (Å²) in [6, 6.07) is 0. The number of piperazine rings is 1. The van der Waals surface area contributed by atoms with Crippen molar-refractivity contribution in [2.24, 2.45) is 0 Å². The van der Waals surface area contributed by atoms with Gasteiger partial charge in [0.05, 0.1) is 19.0 Å². The Morgan fingerprint density at radius 3 is 2.52 bits per heavy atom. The summed E-state index contributed by atoms with van der Waals surface area (Å²) in [6.45, 7) is 11.7. The highest BCUT2D eigenvalue weighted by Crippen LogP contribution is 2.16. The van der Waals surface area contributed by atoms with Crippen molar-refractivity contribution in [3.63, 3.8) is 0 Å². The van der Waals surface area contributed by atoms with Gasteiger partial charge in [-0.25, -0.2) is 9.67 Å². The molecule has 0 spiro atoms. The van der Waals surface area contributed by atoms with E-state index >= 15 is 0 Å². The molecule has 1 atom stereocenters. The zero-order valence-corrected chi connectivity index (χ0v) is 14.4. The summed E-state index contributed by atoms with van der Waals surface area (Å²) in [6.07, 6.45) is 0. The summed E-state index contributed by atoms with van der Waals surface area (Å²) in [4.78, 5) is 13.6. The first-order valence-electron chi connectivity index (χ1n) is 8.12. The summed E-state index contributed by atoms with van der Waals surface area (Å²) in [5, 5.41) is 8.52. The van der Waals surface area contributed by atoms with Crippen LogP contribution in [0.3, 0.4) is 0 Å². The maximum absolute atomic E-state index is 5.45. The molecule has 1 unspecified atom stereocenters. The van der Waals surface area contributed by atoms with Crippen molar-refractivity contribution >= 4 is 0 Å². The maximum Gasteiger partial charge on any atom is 0.231 e. The molecule has 1 fully saturated rings. The van der Waals surface area contributed by atoms with Crippen LogP contribution in [-0.2, 0) is 13.1 Å². The molecule has 0 amide bonds. The Balaban J connectivity index is 1.59. The Bertz CT molecular complexity index is 642. The monoisotopic (exact) mass is 319 g/mol. The molecule has 0 radical (unpaired) electrons. The maximum atomic E-state index is 5.45. The first-order valence-corrected chi connectivity index (χ1v) is 8.12. The van der Waals surface area contributed by atoms with E-state index in [-0.39, 0.29) is 5.92 Å². The smallest absolute Gasteiger partial charge is 0.231 e. The molecule has 3 rings (SSSR count). The highest BCUT2D eigenvalue weighted by molar-refractivity contribution is 4.95. The van der Waals surface area contributed by atoms with E-state index < -0.39 is 0 Å². The molecular weight excluding hydrogens is 294 g/mol. The predicted molar refractivity (Wildman–Crippen MR) is 85.0 cm³/mol. The molecule has 0 N–H and O–H groups in total. The molecule has 1 saturated heterocycles. The second-order valence-electron chi connectivity index (χ2n) is 6.42. The minimum atomic E-state index is 0.114. The average Bonchev–Trinajstić information content (AvgIpc) is 3.09. The van der Waals surface area contributed by atoms with Crippen LogP contribution in [0.4, 0.5) is 0 Å². The number of likely N-dealkylation sites (N-methyl/N-ethyl adjacent to an activating group) is 1. The fraction of sp³-hybridized carbons (Fsp3) is 0.733. The van der Waals surface area contributed by atoms with Crippen LogP contribution < -0.4 is 0 Å². The van der Waals surface area contributed by atoms with Crippen LogP contribution >= 0.6 is 0 Å². The molecule has 0 saturated carbocycles. The van der Waals surface area contributed by atoms with E-state index in [1.807, 2.05) is 18.5 Å². The van der Waals surface area contributed by atoms with Gasteiger partial charge in [0.15, 0.2) is 5.82 Å². The summed E-state index contributed by atoms with van der Waals surface area (Å²) < 4.78 is 7.34. The lowest BCUT2D eigenvalue weighted by molar-refractivity contribution is 0.144. The van der Waals surface area contributed by atoms with Crippen molar-refractivity contribution in [1.29, 1.82) is 0 Å². The Labute approximate surface area is 136 Å². The SMILES string of the molecule is Cc1nc(C)n(CC(C)c2nc(CN3CCN(C)CC3)no2)n1. The molecule has 3 heterocycles. The van der Waals surface area contributed by atoms with Crippen molar-refractivity contribution in [2.75, 3.05) is 33.2 Å². The highest BCUT2D eigenvalue weighted by atomic mass is 16.5. The van der Waals surface area contributed by atoms with Gasteiger partial charge in [-0.1, -0.05) is 12.1 Å². The number of nitrogens with zero attached hydrogens (tertiary/aromatic N) is 7. The van der Waals surface area contributed by atoms with Gasteiger partial charge in [0.2, 0.25) is 5.89 Å². The molecule has 1 aliphatic heterocycles. The van der Waals surface area contributed by atoms with Crippen molar-refractivity contribution in [3.05, 3.63) is 23.4 Å². The standard InChI is InChI=1S/C15H25N7O/c1-11(9-22-13(3)16-12(2)18-22)15-17-14(19-23-15)10-21-7-5-20(4)6-8-21/h11H,5-10H2,1-4H3. The zero-order chi connectivity index (χ0) is 16.4. The second kappa shape index (κ2) is 6.76. The minimum absolute atomic E-state index is 0.114. The van der Waals surface area contributed by atoms with Crippen molar-refractivity contribution < 1.29 is 4.52 Å². The lowest BCUT2D eigenvalue weighted by Gasteiger charge is -2.31. The van der Waals surface area contributed by atoms with Crippen molar-refractivity contribution in [2.45, 2.75) is 39.8 Å². The first-order chi connectivity index (χ1) is 11.0. The fourth-order valence-corrected chi connectivity index (χ4v) is 2.81. The molecular formula is C15H25N7O. The molecule has 2 aromatic heterocycles. The molecule has 0 aliphatic carbocycles. The number of hydrogen-bond acceptors (Lipinski definition) is 7. The first kappa shape index (κ1) is 16.1. The second-order valence-corrected chi connectivity index (χ2v) is 6.42. The van der Waals surface area contributed by atoms with Crippen LogP contribution in [0.25, 0.3) is 0 Å². The number of hydrogen-bond donors (Lipinski definition) is 0. The van der Waals surface area contributed by atoms with E-state index in [9.17, 15) is 0 Å². The largest absolute Gasteiger partial charge is 0.339 e. The van der Waals surface area contributed by atoms with Crippen LogP contribution in [0.1, 0.15) is 36.2 Å².